The second kappa shape index (κ2) is 9.86. The summed E-state index contributed by atoms with van der Waals surface area (Å²) in [6, 6.07) is 2.86. The summed E-state index contributed by atoms with van der Waals surface area (Å²) in [6.07, 6.45) is 2.53. The molecule has 2 N–H and O–H groups in total. The summed E-state index contributed by atoms with van der Waals surface area (Å²) in [5, 5.41) is 4.81. The van der Waals surface area contributed by atoms with Gasteiger partial charge in [-0.15, -0.1) is 0 Å². The number of carbonyl (C=O) groups excluding carboxylic acids is 3. The zero-order chi connectivity index (χ0) is 20.7. The number of imide groups is 1. The number of esters is 1. The smallest absolute Gasteiger partial charge is 0.387 e. The van der Waals surface area contributed by atoms with E-state index in [2.05, 4.69) is 15.4 Å². The summed E-state index contributed by atoms with van der Waals surface area (Å²) in [5.41, 5.74) is -0.0338. The lowest BCUT2D eigenvalue weighted by molar-refractivity contribution is -0.127. The third-order valence-electron chi connectivity index (χ3n) is 4.20. The molecule has 0 radical (unpaired) electrons. The Bertz CT molecular complexity index is 722. The Hall–Kier alpha value is -2.91. The van der Waals surface area contributed by atoms with Crippen LogP contribution < -0.4 is 20.1 Å². The van der Waals surface area contributed by atoms with Crippen molar-refractivity contribution >= 4 is 17.9 Å². The van der Waals surface area contributed by atoms with E-state index in [-0.39, 0.29) is 23.1 Å². The number of nitrogens with one attached hydrogen (secondary N) is 2. The van der Waals surface area contributed by atoms with Crippen molar-refractivity contribution < 1.29 is 37.4 Å². The van der Waals surface area contributed by atoms with Crippen LogP contribution in [0.1, 0.15) is 43.0 Å². The van der Waals surface area contributed by atoms with E-state index in [0.29, 0.717) is 0 Å². The molecule has 154 valence electrons. The van der Waals surface area contributed by atoms with E-state index in [1.165, 1.54) is 20.1 Å². The quantitative estimate of drug-likeness (QED) is 0.682. The molecule has 1 aliphatic carbocycles. The minimum atomic E-state index is -3.05. The topological polar surface area (TPSA) is 103 Å². The van der Waals surface area contributed by atoms with Gasteiger partial charge in [0.15, 0.2) is 17.6 Å². The van der Waals surface area contributed by atoms with Gasteiger partial charge in [0.05, 0.1) is 12.7 Å². The second-order valence-corrected chi connectivity index (χ2v) is 6.24. The molecule has 0 aliphatic heterocycles. The number of amides is 3. The average molecular weight is 400 g/mol. The van der Waals surface area contributed by atoms with Crippen LogP contribution in [0, 0.1) is 0 Å². The SMILES string of the molecule is COc1cc(C(=O)O[C@@H](C)C(=O)NC(=O)NC2CCCC2)ccc1OC(F)F. The van der Waals surface area contributed by atoms with Crippen molar-refractivity contribution in [1.82, 2.24) is 10.6 Å². The monoisotopic (exact) mass is 400 g/mol. The molecule has 1 fully saturated rings. The number of methoxy groups -OCH3 is 1. The highest BCUT2D eigenvalue weighted by atomic mass is 19.3. The molecule has 8 nitrogen and oxygen atoms in total. The number of hydrogen-bond acceptors (Lipinski definition) is 6. The molecule has 0 aromatic heterocycles. The molecule has 1 atom stereocenters. The molecule has 0 spiro atoms. The van der Waals surface area contributed by atoms with E-state index in [1.54, 1.807) is 0 Å². The van der Waals surface area contributed by atoms with Crippen LogP contribution in [0.5, 0.6) is 11.5 Å². The lowest BCUT2D eigenvalue weighted by atomic mass is 10.2. The summed E-state index contributed by atoms with van der Waals surface area (Å²) < 4.78 is 38.9. The third kappa shape index (κ3) is 6.07. The van der Waals surface area contributed by atoms with E-state index in [9.17, 15) is 23.2 Å². The number of benzene rings is 1. The molecule has 0 saturated heterocycles. The second-order valence-electron chi connectivity index (χ2n) is 6.24. The van der Waals surface area contributed by atoms with Crippen LogP contribution >= 0.6 is 0 Å². The minimum absolute atomic E-state index is 0.0338. The van der Waals surface area contributed by atoms with E-state index >= 15 is 0 Å². The van der Waals surface area contributed by atoms with Crippen LogP contribution in [0.3, 0.4) is 0 Å². The molecular formula is C18H22F2N2O6. The molecule has 1 aliphatic rings. The van der Waals surface area contributed by atoms with Gasteiger partial charge in [0, 0.05) is 6.04 Å². The molecule has 10 heteroatoms. The number of alkyl halides is 2. The van der Waals surface area contributed by atoms with E-state index in [1.807, 2.05) is 0 Å². The molecule has 28 heavy (non-hydrogen) atoms. The molecule has 0 heterocycles. The Morgan fingerprint density at radius 1 is 1.14 bits per heavy atom. The number of halogens is 2. The highest BCUT2D eigenvalue weighted by molar-refractivity contribution is 5.98. The van der Waals surface area contributed by atoms with Crippen molar-refractivity contribution in [2.24, 2.45) is 0 Å². The predicted octanol–water partition coefficient (Wildman–Crippen LogP) is 2.61. The van der Waals surface area contributed by atoms with Gasteiger partial charge in [0.1, 0.15) is 0 Å². The zero-order valence-electron chi connectivity index (χ0n) is 15.5. The molecule has 3 amide bonds. The first-order valence-electron chi connectivity index (χ1n) is 8.75. The lowest BCUT2D eigenvalue weighted by Gasteiger charge is -2.16. The van der Waals surface area contributed by atoms with Crippen LogP contribution in [0.2, 0.25) is 0 Å². The number of urea groups is 1. The Labute approximate surface area is 160 Å². The Balaban J connectivity index is 1.91. The average Bonchev–Trinajstić information content (AvgIpc) is 3.14. The number of rotatable bonds is 7. The van der Waals surface area contributed by atoms with Gasteiger partial charge in [-0.25, -0.2) is 9.59 Å². The summed E-state index contributed by atoms with van der Waals surface area (Å²) in [5.74, 6) is -2.01. The molecule has 1 saturated carbocycles. The highest BCUT2D eigenvalue weighted by Crippen LogP contribution is 2.29. The van der Waals surface area contributed by atoms with E-state index in [0.717, 1.165) is 37.8 Å². The highest BCUT2D eigenvalue weighted by Gasteiger charge is 2.24. The maximum Gasteiger partial charge on any atom is 0.387 e. The van der Waals surface area contributed by atoms with Gasteiger partial charge in [-0.3, -0.25) is 10.1 Å². The lowest BCUT2D eigenvalue weighted by Crippen LogP contribution is -2.47. The molecule has 1 aromatic rings. The fourth-order valence-corrected chi connectivity index (χ4v) is 2.78. The van der Waals surface area contributed by atoms with Gasteiger partial charge in [-0.1, -0.05) is 12.8 Å². The Morgan fingerprint density at radius 2 is 1.82 bits per heavy atom. The van der Waals surface area contributed by atoms with Crippen molar-refractivity contribution in [2.45, 2.75) is 51.4 Å². The molecule has 0 unspecified atom stereocenters. The Kier molecular flexibility index (Phi) is 7.53. The van der Waals surface area contributed by atoms with Crippen LogP contribution in [0.25, 0.3) is 0 Å². The number of ether oxygens (including phenoxy) is 3. The first kappa shape index (κ1) is 21.4. The van der Waals surface area contributed by atoms with Crippen LogP contribution in [0.4, 0.5) is 13.6 Å². The van der Waals surface area contributed by atoms with Crippen LogP contribution in [0.15, 0.2) is 18.2 Å². The van der Waals surface area contributed by atoms with Crippen molar-refractivity contribution in [3.8, 4) is 11.5 Å². The van der Waals surface area contributed by atoms with Crippen LogP contribution in [-0.2, 0) is 9.53 Å². The van der Waals surface area contributed by atoms with Gasteiger partial charge in [-0.2, -0.15) is 8.78 Å². The molecule has 2 rings (SSSR count). The fourth-order valence-electron chi connectivity index (χ4n) is 2.78. The number of carbonyl (C=O) groups is 3. The van der Waals surface area contributed by atoms with E-state index < -0.39 is 30.6 Å². The predicted molar refractivity (Wildman–Crippen MR) is 93.4 cm³/mol. The summed E-state index contributed by atoms with van der Waals surface area (Å²) in [6.45, 7) is -1.74. The van der Waals surface area contributed by atoms with Crippen molar-refractivity contribution in [3.63, 3.8) is 0 Å². The maximum absolute atomic E-state index is 12.3. The van der Waals surface area contributed by atoms with Crippen LogP contribution in [-0.4, -0.2) is 43.8 Å². The maximum atomic E-state index is 12.3. The summed E-state index contributed by atoms with van der Waals surface area (Å²) >= 11 is 0. The van der Waals surface area contributed by atoms with Crippen molar-refractivity contribution in [1.29, 1.82) is 0 Å². The van der Waals surface area contributed by atoms with Crippen molar-refractivity contribution in [3.05, 3.63) is 23.8 Å². The van der Waals surface area contributed by atoms with E-state index in [4.69, 9.17) is 9.47 Å². The first-order chi connectivity index (χ1) is 13.3. The summed E-state index contributed by atoms with van der Waals surface area (Å²) in [4.78, 5) is 36.0. The number of hydrogen-bond donors (Lipinski definition) is 2. The third-order valence-corrected chi connectivity index (χ3v) is 4.20. The zero-order valence-corrected chi connectivity index (χ0v) is 15.5. The van der Waals surface area contributed by atoms with Crippen molar-refractivity contribution in [2.75, 3.05) is 7.11 Å². The van der Waals surface area contributed by atoms with Gasteiger partial charge >= 0.3 is 18.6 Å². The first-order valence-corrected chi connectivity index (χ1v) is 8.75. The fraction of sp³-hybridized carbons (Fsp3) is 0.500. The minimum Gasteiger partial charge on any atom is -0.493 e. The molecular weight excluding hydrogens is 378 g/mol. The molecule has 1 aromatic carbocycles. The standard InChI is InChI=1S/C18H22F2N2O6/c1-10(15(23)22-18(25)21-12-5-3-4-6-12)27-16(24)11-7-8-13(28-17(19)20)14(9-11)26-2/h7-10,12,17H,3-6H2,1-2H3,(H2,21,22,23,25)/t10-/m0/s1. The van der Waals surface area contributed by atoms with Gasteiger partial charge in [0.25, 0.3) is 5.91 Å². The van der Waals surface area contributed by atoms with Gasteiger partial charge in [-0.05, 0) is 38.0 Å². The van der Waals surface area contributed by atoms with Gasteiger partial charge in [0.2, 0.25) is 0 Å². The van der Waals surface area contributed by atoms with Gasteiger partial charge < -0.3 is 19.5 Å². The largest absolute Gasteiger partial charge is 0.493 e. The Morgan fingerprint density at radius 3 is 2.43 bits per heavy atom. The normalized spacial score (nSPS) is 15.0. The molecule has 0 bridgehead atoms. The summed E-state index contributed by atoms with van der Waals surface area (Å²) in [7, 11) is 1.22.